The minimum atomic E-state index is -0.517. The summed E-state index contributed by atoms with van der Waals surface area (Å²) in [4.78, 5) is 19.0. The SMILES string of the molecule is CC(C)(C)OC(=O)N(Cc1cc(B2OC(C)(C)C(C)(C)O2)ccn1)C1CCC1. The van der Waals surface area contributed by atoms with E-state index in [1.54, 1.807) is 6.20 Å². The van der Waals surface area contributed by atoms with Crippen molar-refractivity contribution in [3.63, 3.8) is 0 Å². The summed E-state index contributed by atoms with van der Waals surface area (Å²) >= 11 is 0. The fraction of sp³-hybridized carbons (Fsp3) is 0.714. The van der Waals surface area contributed by atoms with Gasteiger partial charge in [-0.15, -0.1) is 0 Å². The number of carbonyl (C=O) groups excluding carboxylic acids is 1. The molecule has 2 heterocycles. The zero-order valence-electron chi connectivity index (χ0n) is 18.2. The Morgan fingerprint density at radius 3 is 2.36 bits per heavy atom. The first-order valence-electron chi connectivity index (χ1n) is 10.2. The first-order chi connectivity index (χ1) is 12.9. The second kappa shape index (κ2) is 7.34. The van der Waals surface area contributed by atoms with Crippen LogP contribution in [0.15, 0.2) is 18.3 Å². The van der Waals surface area contributed by atoms with Crippen LogP contribution in [0.1, 0.15) is 73.4 Å². The molecule has 0 unspecified atom stereocenters. The summed E-state index contributed by atoms with van der Waals surface area (Å²) < 4.78 is 17.9. The first kappa shape index (κ1) is 21.1. The third-order valence-corrected chi connectivity index (χ3v) is 5.84. The van der Waals surface area contributed by atoms with Crippen LogP contribution < -0.4 is 5.46 Å². The van der Waals surface area contributed by atoms with E-state index in [-0.39, 0.29) is 12.1 Å². The highest BCUT2D eigenvalue weighted by Crippen LogP contribution is 2.36. The molecule has 28 heavy (non-hydrogen) atoms. The Morgan fingerprint density at radius 2 is 1.86 bits per heavy atom. The maximum atomic E-state index is 12.7. The number of amides is 1. The minimum Gasteiger partial charge on any atom is -0.444 e. The molecule has 1 aliphatic carbocycles. The van der Waals surface area contributed by atoms with Gasteiger partial charge in [0.05, 0.1) is 23.4 Å². The van der Waals surface area contributed by atoms with Gasteiger partial charge in [-0.25, -0.2) is 4.79 Å². The van der Waals surface area contributed by atoms with Crippen LogP contribution in [0.4, 0.5) is 4.79 Å². The largest absolute Gasteiger partial charge is 0.494 e. The number of rotatable bonds is 4. The molecule has 3 rings (SSSR count). The Morgan fingerprint density at radius 1 is 1.25 bits per heavy atom. The van der Waals surface area contributed by atoms with Crippen molar-refractivity contribution >= 4 is 18.7 Å². The molecule has 1 amide bonds. The fourth-order valence-corrected chi connectivity index (χ4v) is 3.25. The van der Waals surface area contributed by atoms with Gasteiger partial charge in [0.1, 0.15) is 5.60 Å². The summed E-state index contributed by atoms with van der Waals surface area (Å²) in [7, 11) is -0.439. The number of aromatic nitrogens is 1. The predicted octanol–water partition coefficient (Wildman–Crippen LogP) is 3.67. The Kier molecular flexibility index (Phi) is 5.54. The van der Waals surface area contributed by atoms with Crippen molar-refractivity contribution in [2.24, 2.45) is 0 Å². The molecule has 2 fully saturated rings. The second-order valence-electron chi connectivity index (χ2n) is 9.86. The molecule has 2 aliphatic rings. The number of carbonyl (C=O) groups is 1. The summed E-state index contributed by atoms with van der Waals surface area (Å²) in [5.74, 6) is 0. The van der Waals surface area contributed by atoms with E-state index in [0.29, 0.717) is 6.54 Å². The molecule has 1 saturated heterocycles. The molecule has 0 atom stereocenters. The Balaban J connectivity index is 1.76. The average Bonchev–Trinajstić information content (AvgIpc) is 2.72. The molecule has 1 aromatic heterocycles. The summed E-state index contributed by atoms with van der Waals surface area (Å²) in [5.41, 5.74) is 0.425. The average molecular weight is 388 g/mol. The van der Waals surface area contributed by atoms with Crippen molar-refractivity contribution in [3.8, 4) is 0 Å². The van der Waals surface area contributed by atoms with Crippen molar-refractivity contribution in [1.29, 1.82) is 0 Å². The van der Waals surface area contributed by atoms with Crippen molar-refractivity contribution < 1.29 is 18.8 Å². The molecule has 0 bridgehead atoms. The lowest BCUT2D eigenvalue weighted by molar-refractivity contribution is 0.00428. The highest BCUT2D eigenvalue weighted by Gasteiger charge is 2.51. The highest BCUT2D eigenvalue weighted by molar-refractivity contribution is 6.62. The molecule has 0 aromatic carbocycles. The van der Waals surface area contributed by atoms with E-state index in [0.717, 1.165) is 30.4 Å². The monoisotopic (exact) mass is 388 g/mol. The summed E-state index contributed by atoms with van der Waals surface area (Å²) in [6.07, 6.45) is 4.64. The maximum Gasteiger partial charge on any atom is 0.494 e. The standard InChI is InChI=1S/C21H33BN2O4/c1-19(2,3)26-18(25)24(17-9-8-10-17)14-16-13-15(11-12-23-16)22-27-20(4,5)21(6,7)28-22/h11-13,17H,8-10,14H2,1-7H3. The predicted molar refractivity (Wildman–Crippen MR) is 109 cm³/mol. The normalized spacial score (nSPS) is 21.3. The van der Waals surface area contributed by atoms with Crippen LogP contribution in [0.3, 0.4) is 0 Å². The van der Waals surface area contributed by atoms with E-state index >= 15 is 0 Å². The molecule has 1 aliphatic heterocycles. The third-order valence-electron chi connectivity index (χ3n) is 5.84. The van der Waals surface area contributed by atoms with Crippen LogP contribution in [0.2, 0.25) is 0 Å². The first-order valence-corrected chi connectivity index (χ1v) is 10.2. The number of ether oxygens (including phenoxy) is 1. The maximum absolute atomic E-state index is 12.7. The van der Waals surface area contributed by atoms with E-state index in [1.165, 1.54) is 0 Å². The van der Waals surface area contributed by atoms with Gasteiger partial charge in [0.25, 0.3) is 0 Å². The molecule has 1 aromatic rings. The lowest BCUT2D eigenvalue weighted by Gasteiger charge is -2.38. The topological polar surface area (TPSA) is 60.9 Å². The number of pyridine rings is 1. The van der Waals surface area contributed by atoms with Crippen molar-refractivity contribution in [2.75, 3.05) is 0 Å². The van der Waals surface area contributed by atoms with Gasteiger partial charge in [0, 0.05) is 12.2 Å². The fourth-order valence-electron chi connectivity index (χ4n) is 3.25. The number of hydrogen-bond donors (Lipinski definition) is 0. The van der Waals surface area contributed by atoms with Crippen molar-refractivity contribution in [1.82, 2.24) is 9.88 Å². The molecular weight excluding hydrogens is 355 g/mol. The molecule has 1 saturated carbocycles. The van der Waals surface area contributed by atoms with E-state index in [1.807, 2.05) is 65.5 Å². The quantitative estimate of drug-likeness (QED) is 0.737. The number of hydrogen-bond acceptors (Lipinski definition) is 5. The molecule has 154 valence electrons. The van der Waals surface area contributed by atoms with Crippen LogP contribution in [-0.4, -0.2) is 45.9 Å². The number of nitrogens with zero attached hydrogens (tertiary/aromatic N) is 2. The Hall–Kier alpha value is -1.60. The molecule has 0 radical (unpaired) electrons. The smallest absolute Gasteiger partial charge is 0.444 e. The van der Waals surface area contributed by atoms with Crippen molar-refractivity contribution in [3.05, 3.63) is 24.0 Å². The molecule has 7 heteroatoms. The van der Waals surface area contributed by atoms with E-state index in [9.17, 15) is 4.79 Å². The van der Waals surface area contributed by atoms with Crippen LogP contribution in [0.5, 0.6) is 0 Å². The molecule has 6 nitrogen and oxygen atoms in total. The van der Waals surface area contributed by atoms with Gasteiger partial charge in [-0.05, 0) is 85.3 Å². The zero-order chi connectivity index (χ0) is 20.7. The van der Waals surface area contributed by atoms with Gasteiger partial charge >= 0.3 is 13.2 Å². The molecule has 0 N–H and O–H groups in total. The molecular formula is C21H33BN2O4. The van der Waals surface area contributed by atoms with Gasteiger partial charge in [0.15, 0.2) is 0 Å². The van der Waals surface area contributed by atoms with Gasteiger partial charge in [-0.3, -0.25) is 9.88 Å². The third kappa shape index (κ3) is 4.52. The zero-order valence-corrected chi connectivity index (χ0v) is 18.2. The van der Waals surface area contributed by atoms with Crippen LogP contribution in [-0.2, 0) is 20.6 Å². The second-order valence-corrected chi connectivity index (χ2v) is 9.86. The minimum absolute atomic E-state index is 0.220. The Bertz CT molecular complexity index is 709. The van der Waals surface area contributed by atoms with Crippen molar-refractivity contribution in [2.45, 2.75) is 97.1 Å². The van der Waals surface area contributed by atoms with E-state index in [4.69, 9.17) is 14.0 Å². The Labute approximate surface area is 169 Å². The van der Waals surface area contributed by atoms with Gasteiger partial charge in [0.2, 0.25) is 0 Å². The highest BCUT2D eigenvalue weighted by atomic mass is 16.7. The summed E-state index contributed by atoms with van der Waals surface area (Å²) in [6.45, 7) is 14.2. The van der Waals surface area contributed by atoms with Gasteiger partial charge < -0.3 is 14.0 Å². The van der Waals surface area contributed by atoms with E-state index < -0.39 is 23.9 Å². The lowest BCUT2D eigenvalue weighted by Crippen LogP contribution is -2.46. The van der Waals surface area contributed by atoms with Gasteiger partial charge in [-0.2, -0.15) is 0 Å². The van der Waals surface area contributed by atoms with Crippen LogP contribution in [0, 0.1) is 0 Å². The summed E-state index contributed by atoms with van der Waals surface area (Å²) in [6, 6.07) is 4.10. The van der Waals surface area contributed by atoms with Gasteiger partial charge in [-0.1, -0.05) is 0 Å². The molecule has 0 spiro atoms. The van der Waals surface area contributed by atoms with Crippen LogP contribution >= 0.6 is 0 Å². The summed E-state index contributed by atoms with van der Waals surface area (Å²) in [5, 5.41) is 0. The van der Waals surface area contributed by atoms with E-state index in [2.05, 4.69) is 4.98 Å². The lowest BCUT2D eigenvalue weighted by atomic mass is 9.79. The van der Waals surface area contributed by atoms with Crippen LogP contribution in [0.25, 0.3) is 0 Å².